The Morgan fingerprint density at radius 2 is 2.09 bits per heavy atom. The van der Waals surface area contributed by atoms with Crippen LogP contribution in [0.15, 0.2) is 4.47 Å². The van der Waals surface area contributed by atoms with Crippen LogP contribution in [0.4, 0.5) is 0 Å². The largest absolute Gasteiger partial charge is 0.237 e. The van der Waals surface area contributed by atoms with Crippen molar-refractivity contribution in [2.75, 3.05) is 0 Å². The van der Waals surface area contributed by atoms with Crippen LogP contribution in [0.5, 0.6) is 0 Å². The van der Waals surface area contributed by atoms with Crippen LogP contribution >= 0.6 is 27.5 Å². The van der Waals surface area contributed by atoms with Crippen molar-refractivity contribution in [3.63, 3.8) is 0 Å². The van der Waals surface area contributed by atoms with Crippen molar-refractivity contribution < 1.29 is 0 Å². The molecule has 0 unspecified atom stereocenters. The summed E-state index contributed by atoms with van der Waals surface area (Å²) in [5.74, 6) is 0.718. The molecule has 0 atom stereocenters. The molecule has 0 aliphatic heterocycles. The maximum atomic E-state index is 5.80. The minimum atomic E-state index is 0.495. The number of halogens is 2. The van der Waals surface area contributed by atoms with Crippen LogP contribution in [0.25, 0.3) is 0 Å². The molecular weight excluding hydrogens is 227 g/mol. The zero-order chi connectivity index (χ0) is 8.43. The highest BCUT2D eigenvalue weighted by Crippen LogP contribution is 2.23. The highest BCUT2D eigenvalue weighted by Gasteiger charge is 2.05. The summed E-state index contributed by atoms with van der Waals surface area (Å²) in [6.07, 6.45) is 0.865. The molecule has 0 saturated heterocycles. The molecule has 0 bridgehead atoms. The van der Waals surface area contributed by atoms with Gasteiger partial charge in [-0.3, -0.25) is 0 Å². The van der Waals surface area contributed by atoms with Crippen molar-refractivity contribution in [2.45, 2.75) is 20.3 Å². The molecule has 0 aliphatic carbocycles. The summed E-state index contributed by atoms with van der Waals surface area (Å²) in [6, 6.07) is 0. The second kappa shape index (κ2) is 3.50. The third-order valence-electron chi connectivity index (χ3n) is 1.33. The highest BCUT2D eigenvalue weighted by atomic mass is 79.9. The molecule has 1 aromatic heterocycles. The first-order valence-corrected chi connectivity index (χ1v) is 4.50. The van der Waals surface area contributed by atoms with Gasteiger partial charge in [-0.15, -0.1) is 0 Å². The summed E-state index contributed by atoms with van der Waals surface area (Å²) in [5, 5.41) is 0.495. The summed E-state index contributed by atoms with van der Waals surface area (Å²) < 4.78 is 0.812. The lowest BCUT2D eigenvalue weighted by atomic mass is 10.3. The van der Waals surface area contributed by atoms with E-state index in [1.54, 1.807) is 0 Å². The predicted octanol–water partition coefficient (Wildman–Crippen LogP) is 2.76. The van der Waals surface area contributed by atoms with E-state index in [2.05, 4.69) is 25.9 Å². The molecule has 4 heteroatoms. The third-order valence-corrected chi connectivity index (χ3v) is 2.66. The van der Waals surface area contributed by atoms with E-state index >= 15 is 0 Å². The Labute approximate surface area is 79.1 Å². The van der Waals surface area contributed by atoms with E-state index in [0.717, 1.165) is 22.4 Å². The third kappa shape index (κ3) is 1.91. The quantitative estimate of drug-likeness (QED) is 0.700. The van der Waals surface area contributed by atoms with Crippen LogP contribution in [0.2, 0.25) is 5.15 Å². The lowest BCUT2D eigenvalue weighted by Crippen LogP contribution is -1.96. The van der Waals surface area contributed by atoms with Crippen molar-refractivity contribution in [1.29, 1.82) is 0 Å². The zero-order valence-corrected chi connectivity index (χ0v) is 8.70. The minimum Gasteiger partial charge on any atom is -0.237 e. The molecule has 2 nitrogen and oxygen atoms in total. The fourth-order valence-corrected chi connectivity index (χ4v) is 1.50. The van der Waals surface area contributed by atoms with Gasteiger partial charge in [0.2, 0.25) is 0 Å². The van der Waals surface area contributed by atoms with Crippen molar-refractivity contribution in [1.82, 2.24) is 9.97 Å². The number of aryl methyl sites for hydroxylation is 2. The Kier molecular flexibility index (Phi) is 2.84. The maximum Gasteiger partial charge on any atom is 0.147 e. The smallest absolute Gasteiger partial charge is 0.147 e. The van der Waals surface area contributed by atoms with E-state index in [9.17, 15) is 0 Å². The first-order chi connectivity index (χ1) is 5.15. The van der Waals surface area contributed by atoms with Gasteiger partial charge in [0.15, 0.2) is 0 Å². The molecule has 1 aromatic rings. The van der Waals surface area contributed by atoms with Crippen molar-refractivity contribution >= 4 is 27.5 Å². The lowest BCUT2D eigenvalue weighted by Gasteiger charge is -2.02. The molecule has 0 spiro atoms. The average molecular weight is 236 g/mol. The van der Waals surface area contributed by atoms with Gasteiger partial charge in [-0.1, -0.05) is 18.5 Å². The summed E-state index contributed by atoms with van der Waals surface area (Å²) in [4.78, 5) is 8.20. The Hall–Kier alpha value is -0.150. The topological polar surface area (TPSA) is 25.8 Å². The summed E-state index contributed by atoms with van der Waals surface area (Å²) in [7, 11) is 0. The van der Waals surface area contributed by atoms with Gasteiger partial charge < -0.3 is 0 Å². The van der Waals surface area contributed by atoms with Gasteiger partial charge in [0, 0.05) is 0 Å². The van der Waals surface area contributed by atoms with Crippen molar-refractivity contribution in [3.05, 3.63) is 21.1 Å². The van der Waals surface area contributed by atoms with E-state index in [0.29, 0.717) is 5.15 Å². The Morgan fingerprint density at radius 3 is 2.64 bits per heavy atom. The minimum absolute atomic E-state index is 0.495. The van der Waals surface area contributed by atoms with Crippen LogP contribution < -0.4 is 0 Å². The van der Waals surface area contributed by atoms with Gasteiger partial charge in [-0.25, -0.2) is 9.97 Å². The van der Waals surface area contributed by atoms with Crippen LogP contribution in [0.3, 0.4) is 0 Å². The fourth-order valence-electron chi connectivity index (χ4n) is 0.814. The number of aromatic nitrogens is 2. The van der Waals surface area contributed by atoms with Crippen molar-refractivity contribution in [3.8, 4) is 0 Å². The molecule has 60 valence electrons. The monoisotopic (exact) mass is 234 g/mol. The van der Waals surface area contributed by atoms with Gasteiger partial charge in [0.25, 0.3) is 0 Å². The van der Waals surface area contributed by atoms with E-state index in [4.69, 9.17) is 11.6 Å². The number of rotatable bonds is 1. The van der Waals surface area contributed by atoms with Crippen molar-refractivity contribution in [2.24, 2.45) is 0 Å². The first kappa shape index (κ1) is 8.94. The number of hydrogen-bond acceptors (Lipinski definition) is 2. The van der Waals surface area contributed by atoms with E-state index in [1.807, 2.05) is 13.8 Å². The number of nitrogens with zero attached hydrogens (tertiary/aromatic N) is 2. The second-order valence-electron chi connectivity index (χ2n) is 2.18. The molecule has 0 aromatic carbocycles. The summed E-state index contributed by atoms with van der Waals surface area (Å²) in [6.45, 7) is 3.86. The van der Waals surface area contributed by atoms with Crippen LogP contribution in [-0.4, -0.2) is 9.97 Å². The summed E-state index contributed by atoms with van der Waals surface area (Å²) >= 11 is 9.12. The SMILES string of the molecule is CCc1nc(C)nc(Cl)c1Br. The maximum absolute atomic E-state index is 5.80. The molecule has 0 radical (unpaired) electrons. The Bertz CT molecular complexity index is 275. The molecule has 0 aliphatic rings. The van der Waals surface area contributed by atoms with Crippen LogP contribution in [0, 0.1) is 6.92 Å². The zero-order valence-electron chi connectivity index (χ0n) is 6.36. The molecule has 0 N–H and O–H groups in total. The number of hydrogen-bond donors (Lipinski definition) is 0. The average Bonchev–Trinajstić information content (AvgIpc) is 1.96. The summed E-state index contributed by atoms with van der Waals surface area (Å²) in [5.41, 5.74) is 0.961. The fraction of sp³-hybridized carbons (Fsp3) is 0.429. The van der Waals surface area contributed by atoms with Gasteiger partial charge in [0.1, 0.15) is 11.0 Å². The van der Waals surface area contributed by atoms with Gasteiger partial charge >= 0.3 is 0 Å². The van der Waals surface area contributed by atoms with Gasteiger partial charge in [0.05, 0.1) is 10.2 Å². The van der Waals surface area contributed by atoms with E-state index < -0.39 is 0 Å². The standard InChI is InChI=1S/C7H8BrClN2/c1-3-5-6(8)7(9)11-4(2)10-5/h3H2,1-2H3. The van der Waals surface area contributed by atoms with Gasteiger partial charge in [-0.2, -0.15) is 0 Å². The molecular formula is C7H8BrClN2. The second-order valence-corrected chi connectivity index (χ2v) is 3.33. The predicted molar refractivity (Wildman–Crippen MR) is 48.9 cm³/mol. The Balaban J connectivity index is 3.24. The molecule has 0 fully saturated rings. The highest BCUT2D eigenvalue weighted by molar-refractivity contribution is 9.10. The van der Waals surface area contributed by atoms with E-state index in [-0.39, 0.29) is 0 Å². The van der Waals surface area contributed by atoms with E-state index in [1.165, 1.54) is 0 Å². The lowest BCUT2D eigenvalue weighted by molar-refractivity contribution is 0.937. The molecule has 11 heavy (non-hydrogen) atoms. The molecule has 1 heterocycles. The molecule has 0 saturated carbocycles. The first-order valence-electron chi connectivity index (χ1n) is 3.33. The van der Waals surface area contributed by atoms with Crippen LogP contribution in [0.1, 0.15) is 18.4 Å². The normalized spacial score (nSPS) is 10.2. The molecule has 1 rings (SSSR count). The Morgan fingerprint density at radius 1 is 1.45 bits per heavy atom. The van der Waals surface area contributed by atoms with Crippen LogP contribution in [-0.2, 0) is 6.42 Å². The molecule has 0 amide bonds. The van der Waals surface area contributed by atoms with Gasteiger partial charge in [-0.05, 0) is 29.3 Å².